The number of para-hydroxylation sites is 3. The zero-order valence-electron chi connectivity index (χ0n) is 26.5. The second kappa shape index (κ2) is 11.3. The fourth-order valence-electron chi connectivity index (χ4n) is 7.44. The van der Waals surface area contributed by atoms with Crippen molar-refractivity contribution < 1.29 is 0 Å². The quantitative estimate of drug-likeness (QED) is 0.193. The molecule has 7 aromatic carbocycles. The highest BCUT2D eigenvalue weighted by molar-refractivity contribution is 6.11. The number of benzene rings is 6. The summed E-state index contributed by atoms with van der Waals surface area (Å²) in [4.78, 5) is 0. The normalized spacial score (nSPS) is 11.0. The van der Waals surface area contributed by atoms with Crippen LogP contribution in [0.1, 0.15) is 16.7 Å². The summed E-state index contributed by atoms with van der Waals surface area (Å²) in [5.74, 6) is 0. The van der Waals surface area contributed by atoms with Gasteiger partial charge in [-0.1, -0.05) is 97.1 Å². The molecule has 0 N–H and O–H groups in total. The minimum absolute atomic E-state index is 0.511. The number of rotatable bonds is 4. The number of nitrogens with zero attached hydrogens (tertiary/aromatic N) is 5. The summed E-state index contributed by atoms with van der Waals surface area (Å²) >= 11 is 0. The topological polar surface area (TPSA) is 81.2 Å². The lowest BCUT2D eigenvalue weighted by molar-refractivity contribution is 1.17. The first-order valence-electron chi connectivity index (χ1n) is 16.1. The van der Waals surface area contributed by atoms with E-state index >= 15 is 0 Å². The zero-order chi connectivity index (χ0) is 33.8. The van der Waals surface area contributed by atoms with Crippen LogP contribution in [-0.4, -0.2) is 9.13 Å². The molecule has 5 nitrogen and oxygen atoms in total. The summed E-state index contributed by atoms with van der Waals surface area (Å²) in [6, 6.07) is 59.2. The van der Waals surface area contributed by atoms with Gasteiger partial charge in [-0.15, -0.1) is 0 Å². The van der Waals surface area contributed by atoms with Crippen LogP contribution in [-0.2, 0) is 0 Å². The van der Waals surface area contributed by atoms with E-state index in [4.69, 9.17) is 0 Å². The highest BCUT2D eigenvalue weighted by Crippen LogP contribution is 2.43. The van der Waals surface area contributed by atoms with Gasteiger partial charge in [0.15, 0.2) is 0 Å². The maximum Gasteiger partial charge on any atom is 0.102 e. The van der Waals surface area contributed by atoms with E-state index in [1.54, 1.807) is 0 Å². The predicted molar refractivity (Wildman–Crippen MR) is 198 cm³/mol. The van der Waals surface area contributed by atoms with E-state index in [2.05, 4.69) is 57.7 Å². The highest BCUT2D eigenvalue weighted by atomic mass is 15.0. The number of nitriles is 3. The molecule has 0 spiro atoms. The second-order valence-electron chi connectivity index (χ2n) is 12.1. The standard InChI is InChI=1S/C45H23N5/c46-26-29-23-24-44-38(25-29)36-16-5-8-21-42(36)50(44)45-30(27-47)11-9-18-37(45)32-13-2-1-12-31(32)33-17-10-22-43(39(33)28-48)49-40-19-6-3-14-34(40)35-15-4-7-20-41(35)49/h1-3,5-14,16-25H. The van der Waals surface area contributed by atoms with Crippen LogP contribution in [0.4, 0.5) is 0 Å². The highest BCUT2D eigenvalue weighted by Gasteiger charge is 2.23. The van der Waals surface area contributed by atoms with Gasteiger partial charge in [-0.3, -0.25) is 0 Å². The van der Waals surface area contributed by atoms with Crippen molar-refractivity contribution in [3.8, 4) is 51.8 Å². The minimum Gasteiger partial charge on any atom is -0.307 e. The van der Waals surface area contributed by atoms with Crippen LogP contribution < -0.4 is 0 Å². The summed E-state index contributed by atoms with van der Waals surface area (Å²) < 4.78 is 4.26. The van der Waals surface area contributed by atoms with Crippen molar-refractivity contribution in [1.82, 2.24) is 9.13 Å². The largest absolute Gasteiger partial charge is 0.307 e. The number of hydrogen-bond acceptors (Lipinski definition) is 3. The van der Waals surface area contributed by atoms with Gasteiger partial charge in [0, 0.05) is 27.3 Å². The van der Waals surface area contributed by atoms with E-state index in [9.17, 15) is 15.8 Å². The Labute approximate surface area is 287 Å². The third kappa shape index (κ3) is 4.13. The van der Waals surface area contributed by atoms with Crippen LogP contribution in [0.25, 0.3) is 77.2 Å². The van der Waals surface area contributed by atoms with Gasteiger partial charge in [0.25, 0.3) is 0 Å². The lowest BCUT2D eigenvalue weighted by Gasteiger charge is -2.19. The zero-order valence-corrected chi connectivity index (χ0v) is 26.5. The molecule has 5 heteroatoms. The smallest absolute Gasteiger partial charge is 0.102 e. The Hall–Kier alpha value is -7.57. The first-order chi connectivity index (χ1) is 24.7. The summed E-state index contributed by atoms with van der Waals surface area (Å²) in [6.45, 7) is 0. The van der Waals surface area contributed by atoms with Gasteiger partial charge in [0.05, 0.1) is 61.6 Å². The molecular weight excluding hydrogens is 611 g/mol. The Kier molecular flexibility index (Phi) is 6.47. The Morgan fingerprint density at radius 1 is 0.480 bits per heavy atom. The van der Waals surface area contributed by atoms with Crippen LogP contribution in [0, 0.1) is 46.1 Å². The first kappa shape index (κ1) is 28.6. The fraction of sp³-hybridized carbons (Fsp3) is 0. The van der Waals surface area contributed by atoms with E-state index in [0.717, 1.165) is 77.2 Å². The molecule has 50 heavy (non-hydrogen) atoms. The lowest BCUT2D eigenvalue weighted by Crippen LogP contribution is -2.02. The van der Waals surface area contributed by atoms with Crippen LogP contribution in [0.3, 0.4) is 0 Å². The lowest BCUT2D eigenvalue weighted by atomic mass is 9.89. The molecule has 0 atom stereocenters. The number of aromatic nitrogens is 2. The molecule has 0 radical (unpaired) electrons. The predicted octanol–water partition coefficient (Wildman–Crippen LogP) is 10.4. The van der Waals surface area contributed by atoms with Gasteiger partial charge in [-0.2, -0.15) is 15.8 Å². The maximum atomic E-state index is 10.9. The van der Waals surface area contributed by atoms with Crippen molar-refractivity contribution in [2.24, 2.45) is 0 Å². The van der Waals surface area contributed by atoms with Crippen molar-refractivity contribution in [3.05, 3.63) is 168 Å². The van der Waals surface area contributed by atoms with Crippen molar-refractivity contribution >= 4 is 43.6 Å². The third-order valence-electron chi connectivity index (χ3n) is 9.52. The summed E-state index contributed by atoms with van der Waals surface area (Å²) in [5, 5.41) is 35.1. The molecule has 0 bridgehead atoms. The molecule has 0 aliphatic carbocycles. The first-order valence-corrected chi connectivity index (χ1v) is 16.1. The van der Waals surface area contributed by atoms with Crippen molar-refractivity contribution in [2.75, 3.05) is 0 Å². The summed E-state index contributed by atoms with van der Waals surface area (Å²) in [5.41, 5.74) is 10.3. The van der Waals surface area contributed by atoms with Crippen molar-refractivity contribution in [1.29, 1.82) is 15.8 Å². The molecule has 0 aliphatic rings. The van der Waals surface area contributed by atoms with Crippen molar-refractivity contribution in [2.45, 2.75) is 0 Å². The Balaban J connectivity index is 1.33. The molecular formula is C45H23N5. The van der Waals surface area contributed by atoms with E-state index in [1.165, 1.54) is 0 Å². The second-order valence-corrected chi connectivity index (χ2v) is 12.1. The molecule has 9 aromatic rings. The fourth-order valence-corrected chi connectivity index (χ4v) is 7.44. The molecule has 2 heterocycles. The van der Waals surface area contributed by atoms with Crippen LogP contribution in [0.15, 0.2) is 140 Å². The number of fused-ring (bicyclic) bond motifs is 6. The van der Waals surface area contributed by atoms with Gasteiger partial charge < -0.3 is 9.13 Å². The Morgan fingerprint density at radius 2 is 1.14 bits per heavy atom. The monoisotopic (exact) mass is 633 g/mol. The SMILES string of the molecule is N#Cc1ccc2c(c1)c1ccccc1n2-c1c(C#N)cccc1-c1ccccc1-c1cccc(-n2c3ccc#cc3c3ccccc32)c1C#N. The molecule has 0 aliphatic heterocycles. The van der Waals surface area contributed by atoms with Gasteiger partial charge in [0.1, 0.15) is 12.1 Å². The van der Waals surface area contributed by atoms with E-state index < -0.39 is 0 Å². The van der Waals surface area contributed by atoms with E-state index in [0.29, 0.717) is 16.7 Å². The van der Waals surface area contributed by atoms with Crippen LogP contribution in [0.2, 0.25) is 0 Å². The summed E-state index contributed by atoms with van der Waals surface area (Å²) in [7, 11) is 0. The Morgan fingerprint density at radius 3 is 1.92 bits per heavy atom. The van der Waals surface area contributed by atoms with Crippen LogP contribution >= 0.6 is 0 Å². The van der Waals surface area contributed by atoms with Gasteiger partial charge in [0.2, 0.25) is 0 Å². The average molecular weight is 634 g/mol. The molecule has 0 amide bonds. The average Bonchev–Trinajstić information content (AvgIpc) is 3.69. The molecule has 2 aromatic heterocycles. The van der Waals surface area contributed by atoms with E-state index in [-0.39, 0.29) is 0 Å². The molecule has 0 fully saturated rings. The maximum absolute atomic E-state index is 10.9. The number of hydrogen-bond donors (Lipinski definition) is 0. The van der Waals surface area contributed by atoms with Gasteiger partial charge >= 0.3 is 0 Å². The molecule has 228 valence electrons. The Bertz CT molecular complexity index is 2920. The molecule has 9 rings (SSSR count). The van der Waals surface area contributed by atoms with Gasteiger partial charge in [-0.25, -0.2) is 0 Å². The molecule has 0 unspecified atom stereocenters. The summed E-state index contributed by atoms with van der Waals surface area (Å²) in [6.07, 6.45) is 0. The van der Waals surface area contributed by atoms with E-state index in [1.807, 2.05) is 121 Å². The van der Waals surface area contributed by atoms with Crippen molar-refractivity contribution in [3.63, 3.8) is 0 Å². The molecule has 0 saturated carbocycles. The molecule has 0 saturated heterocycles. The van der Waals surface area contributed by atoms with Crippen LogP contribution in [0.5, 0.6) is 0 Å². The third-order valence-corrected chi connectivity index (χ3v) is 9.52. The van der Waals surface area contributed by atoms with Gasteiger partial charge in [-0.05, 0) is 65.7 Å². The minimum atomic E-state index is 0.511.